The average Bonchev–Trinajstić information content (AvgIpc) is 3.17. The number of nitro benzene ring substituents is 1. The lowest BCUT2D eigenvalue weighted by Crippen LogP contribution is -2.23. The molecule has 0 N–H and O–H groups in total. The van der Waals surface area contributed by atoms with Gasteiger partial charge in [0.05, 0.1) is 18.1 Å². The van der Waals surface area contributed by atoms with Gasteiger partial charge >= 0.3 is 0 Å². The van der Waals surface area contributed by atoms with E-state index in [4.69, 9.17) is 9.47 Å². The topological polar surface area (TPSA) is 64.8 Å². The second-order valence-corrected chi connectivity index (χ2v) is 12.4. The van der Waals surface area contributed by atoms with Gasteiger partial charge in [-0.15, -0.1) is 0 Å². The van der Waals surface area contributed by atoms with E-state index < -0.39 is 0 Å². The Morgan fingerprint density at radius 2 is 1.06 bits per heavy atom. The molecule has 0 saturated heterocycles. The van der Waals surface area contributed by atoms with Crippen LogP contribution < -0.4 is 14.4 Å². The summed E-state index contributed by atoms with van der Waals surface area (Å²) in [6, 6.07) is 39.6. The van der Waals surface area contributed by atoms with E-state index in [9.17, 15) is 10.1 Å². The molecule has 0 bridgehead atoms. The second kappa shape index (κ2) is 19.3. The van der Waals surface area contributed by atoms with Crippen LogP contribution in [0.1, 0.15) is 66.0 Å². The van der Waals surface area contributed by atoms with E-state index in [2.05, 4.69) is 104 Å². The molecule has 5 aromatic carbocycles. The fraction of sp³-hybridized carbons (Fsp3) is 0.200. The SMILES string of the molecule is CCCCCCOc1cc(/C=C/c2ccccc2)c(OCCN(C)c2ccc(/C=C/c3ccc([N+](=O)[O-])cc3)cc2)cc1/C=C/c1ccccc1. The third kappa shape index (κ3) is 11.6. The molecule has 6 heteroatoms. The number of hydrogen-bond acceptors (Lipinski definition) is 5. The number of benzene rings is 5. The van der Waals surface area contributed by atoms with Crippen molar-refractivity contribution in [1.82, 2.24) is 0 Å². The van der Waals surface area contributed by atoms with Crippen molar-refractivity contribution in [3.8, 4) is 11.5 Å². The summed E-state index contributed by atoms with van der Waals surface area (Å²) >= 11 is 0. The van der Waals surface area contributed by atoms with Crippen molar-refractivity contribution in [2.75, 3.05) is 31.7 Å². The molecule has 0 spiro atoms. The third-order valence-corrected chi connectivity index (χ3v) is 8.50. The zero-order valence-corrected chi connectivity index (χ0v) is 29.5. The normalized spacial score (nSPS) is 11.4. The first kappa shape index (κ1) is 36.4. The monoisotopic (exact) mass is 678 g/mol. The van der Waals surface area contributed by atoms with Crippen molar-refractivity contribution in [2.45, 2.75) is 32.6 Å². The number of anilines is 1. The number of likely N-dealkylation sites (N-methyl/N-ethyl adjacent to an activating group) is 1. The summed E-state index contributed by atoms with van der Waals surface area (Å²) in [6.45, 7) is 4.07. The number of non-ortho nitro benzene ring substituents is 1. The molecular formula is C45H46N2O4. The molecule has 0 heterocycles. The molecule has 0 aliphatic carbocycles. The summed E-state index contributed by atoms with van der Waals surface area (Å²) in [7, 11) is 2.06. The van der Waals surface area contributed by atoms with Crippen LogP contribution in [-0.2, 0) is 0 Å². The Morgan fingerprint density at radius 1 is 0.588 bits per heavy atom. The van der Waals surface area contributed by atoms with Crippen LogP contribution in [0.2, 0.25) is 0 Å². The fourth-order valence-corrected chi connectivity index (χ4v) is 5.47. The molecule has 51 heavy (non-hydrogen) atoms. The van der Waals surface area contributed by atoms with Gasteiger partial charge in [-0.05, 0) is 65.1 Å². The minimum atomic E-state index is -0.390. The number of hydrogen-bond donors (Lipinski definition) is 0. The predicted octanol–water partition coefficient (Wildman–Crippen LogP) is 11.6. The van der Waals surface area contributed by atoms with E-state index in [1.165, 1.54) is 25.0 Å². The number of ether oxygens (including phenoxy) is 2. The maximum absolute atomic E-state index is 10.9. The first-order chi connectivity index (χ1) is 25.0. The largest absolute Gasteiger partial charge is 0.493 e. The summed E-state index contributed by atoms with van der Waals surface area (Å²) in [4.78, 5) is 12.7. The van der Waals surface area contributed by atoms with Gasteiger partial charge in [-0.3, -0.25) is 10.1 Å². The quantitative estimate of drug-likeness (QED) is 0.0399. The summed E-state index contributed by atoms with van der Waals surface area (Å²) in [5.74, 6) is 1.65. The van der Waals surface area contributed by atoms with Crippen molar-refractivity contribution < 1.29 is 14.4 Å². The lowest BCUT2D eigenvalue weighted by molar-refractivity contribution is -0.384. The molecule has 0 saturated carbocycles. The number of rotatable bonds is 18. The highest BCUT2D eigenvalue weighted by Crippen LogP contribution is 2.33. The Morgan fingerprint density at radius 3 is 1.57 bits per heavy atom. The van der Waals surface area contributed by atoms with Crippen LogP contribution in [0, 0.1) is 10.1 Å². The van der Waals surface area contributed by atoms with Gasteiger partial charge < -0.3 is 14.4 Å². The zero-order chi connectivity index (χ0) is 35.7. The van der Waals surface area contributed by atoms with Crippen LogP contribution in [-0.4, -0.2) is 31.7 Å². The molecule has 0 radical (unpaired) electrons. The van der Waals surface area contributed by atoms with Crippen LogP contribution in [0.15, 0.2) is 121 Å². The summed E-state index contributed by atoms with van der Waals surface area (Å²) < 4.78 is 12.9. The Hall–Kier alpha value is -5.88. The van der Waals surface area contributed by atoms with Gasteiger partial charge in [-0.25, -0.2) is 0 Å². The van der Waals surface area contributed by atoms with Crippen LogP contribution >= 0.6 is 0 Å². The lowest BCUT2D eigenvalue weighted by Gasteiger charge is -2.21. The smallest absolute Gasteiger partial charge is 0.269 e. The van der Waals surface area contributed by atoms with E-state index in [1.807, 2.05) is 48.6 Å². The Kier molecular flexibility index (Phi) is 13.8. The van der Waals surface area contributed by atoms with Gasteiger partial charge in [-0.2, -0.15) is 0 Å². The molecule has 0 atom stereocenters. The van der Waals surface area contributed by atoms with E-state index in [0.29, 0.717) is 19.8 Å². The van der Waals surface area contributed by atoms with Crippen LogP contribution in [0.3, 0.4) is 0 Å². The molecule has 6 nitrogen and oxygen atoms in total. The first-order valence-corrected chi connectivity index (χ1v) is 17.6. The molecule has 0 aliphatic heterocycles. The van der Waals surface area contributed by atoms with Crippen LogP contribution in [0.25, 0.3) is 36.5 Å². The molecule has 0 amide bonds. The highest BCUT2D eigenvalue weighted by molar-refractivity contribution is 5.79. The van der Waals surface area contributed by atoms with Gasteiger partial charge in [0.25, 0.3) is 5.69 Å². The van der Waals surface area contributed by atoms with Crippen molar-refractivity contribution >= 4 is 47.8 Å². The van der Waals surface area contributed by atoms with Crippen molar-refractivity contribution in [1.29, 1.82) is 0 Å². The molecule has 0 aliphatic rings. The van der Waals surface area contributed by atoms with E-state index in [1.54, 1.807) is 12.1 Å². The van der Waals surface area contributed by atoms with E-state index >= 15 is 0 Å². The summed E-state index contributed by atoms with van der Waals surface area (Å²) in [5, 5.41) is 10.9. The Bertz CT molecular complexity index is 1900. The third-order valence-electron chi connectivity index (χ3n) is 8.50. The highest BCUT2D eigenvalue weighted by atomic mass is 16.6. The van der Waals surface area contributed by atoms with Gasteiger partial charge in [0.2, 0.25) is 0 Å². The molecule has 5 aromatic rings. The minimum Gasteiger partial charge on any atom is -0.493 e. The summed E-state index contributed by atoms with van der Waals surface area (Å²) in [6.07, 6.45) is 17.0. The van der Waals surface area contributed by atoms with E-state index in [-0.39, 0.29) is 10.6 Å². The van der Waals surface area contributed by atoms with Crippen LogP contribution in [0.5, 0.6) is 11.5 Å². The fourth-order valence-electron chi connectivity index (χ4n) is 5.47. The van der Waals surface area contributed by atoms with Crippen molar-refractivity contribution in [3.63, 3.8) is 0 Å². The number of nitro groups is 1. The highest BCUT2D eigenvalue weighted by Gasteiger charge is 2.11. The first-order valence-electron chi connectivity index (χ1n) is 17.6. The molecule has 0 aromatic heterocycles. The Balaban J connectivity index is 1.30. The van der Waals surface area contributed by atoms with Gasteiger partial charge in [0, 0.05) is 36.0 Å². The maximum atomic E-state index is 10.9. The predicted molar refractivity (Wildman–Crippen MR) is 214 cm³/mol. The van der Waals surface area contributed by atoms with Crippen LogP contribution in [0.4, 0.5) is 11.4 Å². The molecule has 260 valence electrons. The summed E-state index contributed by atoms with van der Waals surface area (Å²) in [5.41, 5.74) is 7.29. The van der Waals surface area contributed by atoms with Crippen molar-refractivity contribution in [2.24, 2.45) is 0 Å². The van der Waals surface area contributed by atoms with E-state index in [0.717, 1.165) is 63.4 Å². The lowest BCUT2D eigenvalue weighted by atomic mass is 10.1. The molecule has 0 unspecified atom stereocenters. The minimum absolute atomic E-state index is 0.0860. The van der Waals surface area contributed by atoms with Gasteiger partial charge in [-0.1, -0.05) is 135 Å². The Labute approximate surface area is 302 Å². The molecule has 5 rings (SSSR count). The average molecular weight is 679 g/mol. The standard InChI is InChI=1S/C45H46N2O4/c1-3-4-5-12-32-50-44-34-41(26-20-37-15-10-7-11-16-37)45(35-40(44)25-19-36-13-8-6-9-14-36)51-33-31-46(2)42-27-21-38(22-28-42)17-18-39-23-29-43(30-24-39)47(48)49/h6-11,13-30,34-35H,3-5,12,31-33H2,1-2H3/b18-17+,25-19+,26-20+. The zero-order valence-electron chi connectivity index (χ0n) is 29.5. The van der Waals surface area contributed by atoms with Gasteiger partial charge in [0.15, 0.2) is 0 Å². The maximum Gasteiger partial charge on any atom is 0.269 e. The number of nitrogens with zero attached hydrogens (tertiary/aromatic N) is 2. The molecule has 0 fully saturated rings. The van der Waals surface area contributed by atoms with Gasteiger partial charge in [0.1, 0.15) is 18.1 Å². The second-order valence-electron chi connectivity index (χ2n) is 12.4. The molecular weight excluding hydrogens is 633 g/mol. The van der Waals surface area contributed by atoms with Crippen molar-refractivity contribution in [3.05, 3.63) is 165 Å². The number of unbranched alkanes of at least 4 members (excludes halogenated alkanes) is 3.